The summed E-state index contributed by atoms with van der Waals surface area (Å²) in [5.74, 6) is 3.18. The van der Waals surface area contributed by atoms with Crippen LogP contribution < -0.4 is 0 Å². The highest BCUT2D eigenvalue weighted by molar-refractivity contribution is 5.77. The lowest BCUT2D eigenvalue weighted by Gasteiger charge is -2.04. The Labute approximate surface area is 94.9 Å². The maximum Gasteiger partial charge on any atom is 0.134 e. The van der Waals surface area contributed by atoms with Crippen LogP contribution in [0.3, 0.4) is 0 Å². The summed E-state index contributed by atoms with van der Waals surface area (Å²) in [5.41, 5.74) is 0.813. The predicted molar refractivity (Wildman–Crippen MR) is 63.9 cm³/mol. The van der Waals surface area contributed by atoms with E-state index >= 15 is 0 Å². The molecule has 82 valence electrons. The molecular formula is C14H14O2. The first-order chi connectivity index (χ1) is 7.81. The first-order valence-electron chi connectivity index (χ1n) is 5.41. The van der Waals surface area contributed by atoms with Crippen molar-refractivity contribution < 1.29 is 9.52 Å². The Morgan fingerprint density at radius 2 is 2.19 bits per heavy atom. The third-order valence-corrected chi connectivity index (χ3v) is 2.57. The van der Waals surface area contributed by atoms with Crippen LogP contribution in [0.1, 0.15) is 31.1 Å². The highest BCUT2D eigenvalue weighted by Gasteiger charge is 2.12. The molecule has 0 radical (unpaired) electrons. The zero-order valence-electron chi connectivity index (χ0n) is 9.02. The standard InChI is InChI=1S/C14H14O2/c1-2-3-4-8-12(15)14-10-11-7-5-6-9-13(11)16-14/h1,5-7,9-10,12,15H,3-4,8H2. The van der Waals surface area contributed by atoms with Gasteiger partial charge >= 0.3 is 0 Å². The van der Waals surface area contributed by atoms with Crippen molar-refractivity contribution in [2.75, 3.05) is 0 Å². The maximum atomic E-state index is 9.89. The minimum Gasteiger partial charge on any atom is -0.458 e. The molecule has 2 aromatic rings. The Balaban J connectivity index is 2.11. The van der Waals surface area contributed by atoms with Gasteiger partial charge < -0.3 is 9.52 Å². The van der Waals surface area contributed by atoms with Crippen LogP contribution in [-0.2, 0) is 0 Å². The van der Waals surface area contributed by atoms with E-state index in [1.165, 1.54) is 0 Å². The quantitative estimate of drug-likeness (QED) is 0.626. The lowest BCUT2D eigenvalue weighted by Crippen LogP contribution is -1.94. The van der Waals surface area contributed by atoms with E-state index in [9.17, 15) is 5.11 Å². The molecule has 2 nitrogen and oxygen atoms in total. The summed E-state index contributed by atoms with van der Waals surface area (Å²) in [4.78, 5) is 0. The Morgan fingerprint density at radius 1 is 1.38 bits per heavy atom. The third-order valence-electron chi connectivity index (χ3n) is 2.57. The summed E-state index contributed by atoms with van der Waals surface area (Å²) < 4.78 is 5.56. The van der Waals surface area contributed by atoms with Gasteiger partial charge in [0.15, 0.2) is 0 Å². The van der Waals surface area contributed by atoms with Crippen molar-refractivity contribution in [3.8, 4) is 12.3 Å². The minimum absolute atomic E-state index is 0.555. The molecule has 1 unspecified atom stereocenters. The molecule has 2 rings (SSSR count). The molecule has 1 aromatic heterocycles. The number of terminal acetylenes is 1. The van der Waals surface area contributed by atoms with E-state index in [-0.39, 0.29) is 0 Å². The average molecular weight is 214 g/mol. The highest BCUT2D eigenvalue weighted by atomic mass is 16.4. The van der Waals surface area contributed by atoms with E-state index < -0.39 is 6.10 Å². The molecule has 1 aromatic carbocycles. The van der Waals surface area contributed by atoms with Crippen molar-refractivity contribution in [3.05, 3.63) is 36.1 Å². The van der Waals surface area contributed by atoms with Gasteiger partial charge in [0.05, 0.1) is 0 Å². The van der Waals surface area contributed by atoms with Crippen LogP contribution in [0.15, 0.2) is 34.7 Å². The molecule has 0 spiro atoms. The lowest BCUT2D eigenvalue weighted by molar-refractivity contribution is 0.140. The molecular weight excluding hydrogens is 200 g/mol. The largest absolute Gasteiger partial charge is 0.458 e. The van der Waals surface area contributed by atoms with E-state index in [1.54, 1.807) is 0 Å². The number of rotatable bonds is 4. The van der Waals surface area contributed by atoms with E-state index in [4.69, 9.17) is 10.8 Å². The Bertz CT molecular complexity index is 472. The number of para-hydroxylation sites is 1. The number of hydrogen-bond donors (Lipinski definition) is 1. The summed E-state index contributed by atoms with van der Waals surface area (Å²) >= 11 is 0. The molecule has 2 heteroatoms. The van der Waals surface area contributed by atoms with Gasteiger partial charge in [-0.05, 0) is 25.0 Å². The molecule has 16 heavy (non-hydrogen) atoms. The summed E-state index contributed by atoms with van der Waals surface area (Å²) in [6, 6.07) is 9.62. The maximum absolute atomic E-state index is 9.89. The second-order valence-corrected chi connectivity index (χ2v) is 3.80. The van der Waals surface area contributed by atoms with Crippen molar-refractivity contribution in [2.24, 2.45) is 0 Å². The normalized spacial score (nSPS) is 12.5. The van der Waals surface area contributed by atoms with Crippen molar-refractivity contribution in [1.82, 2.24) is 0 Å². The molecule has 0 aliphatic carbocycles. The van der Waals surface area contributed by atoms with Crippen molar-refractivity contribution in [3.63, 3.8) is 0 Å². The fourth-order valence-electron chi connectivity index (χ4n) is 1.71. The minimum atomic E-state index is -0.555. The second-order valence-electron chi connectivity index (χ2n) is 3.80. The van der Waals surface area contributed by atoms with Gasteiger partial charge in [-0.1, -0.05) is 18.2 Å². The SMILES string of the molecule is C#CCCCC(O)c1cc2ccccc2o1. The molecule has 0 saturated heterocycles. The highest BCUT2D eigenvalue weighted by Crippen LogP contribution is 2.26. The van der Waals surface area contributed by atoms with Crippen LogP contribution in [0.25, 0.3) is 11.0 Å². The monoisotopic (exact) mass is 214 g/mol. The molecule has 1 N–H and O–H groups in total. The fourth-order valence-corrected chi connectivity index (χ4v) is 1.71. The molecule has 0 amide bonds. The zero-order chi connectivity index (χ0) is 11.4. The number of fused-ring (bicyclic) bond motifs is 1. The van der Waals surface area contributed by atoms with E-state index in [0.717, 1.165) is 17.4 Å². The topological polar surface area (TPSA) is 33.4 Å². The lowest BCUT2D eigenvalue weighted by atomic mass is 10.1. The number of furan rings is 1. The van der Waals surface area contributed by atoms with Crippen molar-refractivity contribution >= 4 is 11.0 Å². The fraction of sp³-hybridized carbons (Fsp3) is 0.286. The third kappa shape index (κ3) is 2.26. The second kappa shape index (κ2) is 4.87. The Morgan fingerprint density at radius 3 is 2.94 bits per heavy atom. The number of hydrogen-bond acceptors (Lipinski definition) is 2. The van der Waals surface area contributed by atoms with Crippen LogP contribution in [0.5, 0.6) is 0 Å². The Kier molecular flexibility index (Phi) is 3.28. The molecule has 1 atom stereocenters. The summed E-state index contributed by atoms with van der Waals surface area (Å²) in [5, 5.41) is 10.9. The smallest absolute Gasteiger partial charge is 0.134 e. The molecule has 0 bridgehead atoms. The summed E-state index contributed by atoms with van der Waals surface area (Å²) in [6.07, 6.45) is 6.75. The van der Waals surface area contributed by atoms with E-state index in [1.807, 2.05) is 30.3 Å². The summed E-state index contributed by atoms with van der Waals surface area (Å²) in [7, 11) is 0. The average Bonchev–Trinajstić information content (AvgIpc) is 2.73. The van der Waals surface area contributed by atoms with E-state index in [2.05, 4.69) is 5.92 Å². The first kappa shape index (κ1) is 10.8. The number of aliphatic hydroxyl groups excluding tert-OH is 1. The van der Waals surface area contributed by atoms with Crippen molar-refractivity contribution in [1.29, 1.82) is 0 Å². The van der Waals surface area contributed by atoms with Crippen LogP contribution in [0.2, 0.25) is 0 Å². The van der Waals surface area contributed by atoms with Gasteiger partial charge in [0.25, 0.3) is 0 Å². The van der Waals surface area contributed by atoms with Crippen molar-refractivity contribution in [2.45, 2.75) is 25.4 Å². The van der Waals surface area contributed by atoms with Gasteiger partial charge in [-0.3, -0.25) is 0 Å². The summed E-state index contributed by atoms with van der Waals surface area (Å²) in [6.45, 7) is 0. The van der Waals surface area contributed by atoms with Gasteiger partial charge in [-0.2, -0.15) is 0 Å². The van der Waals surface area contributed by atoms with Crippen LogP contribution in [0, 0.1) is 12.3 Å². The zero-order valence-corrected chi connectivity index (χ0v) is 9.02. The molecule has 0 fully saturated rings. The van der Waals surface area contributed by atoms with Crippen LogP contribution in [0.4, 0.5) is 0 Å². The predicted octanol–water partition coefficient (Wildman–Crippen LogP) is 3.27. The van der Waals surface area contributed by atoms with Gasteiger partial charge in [-0.15, -0.1) is 12.3 Å². The van der Waals surface area contributed by atoms with Crippen LogP contribution in [-0.4, -0.2) is 5.11 Å². The van der Waals surface area contributed by atoms with Gasteiger partial charge in [0.2, 0.25) is 0 Å². The van der Waals surface area contributed by atoms with E-state index in [0.29, 0.717) is 18.6 Å². The number of benzene rings is 1. The molecule has 0 aliphatic heterocycles. The number of aliphatic hydroxyl groups is 1. The molecule has 0 saturated carbocycles. The van der Waals surface area contributed by atoms with Crippen LogP contribution >= 0.6 is 0 Å². The molecule has 1 heterocycles. The van der Waals surface area contributed by atoms with Gasteiger partial charge in [0.1, 0.15) is 17.4 Å². The van der Waals surface area contributed by atoms with Gasteiger partial charge in [-0.25, -0.2) is 0 Å². The number of unbranched alkanes of at least 4 members (excludes halogenated alkanes) is 1. The first-order valence-corrected chi connectivity index (χ1v) is 5.41. The Hall–Kier alpha value is -1.72. The molecule has 0 aliphatic rings. The van der Waals surface area contributed by atoms with Gasteiger partial charge in [0, 0.05) is 11.8 Å².